The number of halogens is 1. The van der Waals surface area contributed by atoms with Gasteiger partial charge in [-0.15, -0.1) is 0 Å². The molecule has 1 heterocycles. The fraction of sp³-hybridized carbons (Fsp3) is 0.263. The highest BCUT2D eigenvalue weighted by molar-refractivity contribution is 5.96. The van der Waals surface area contributed by atoms with Gasteiger partial charge in [-0.25, -0.2) is 4.39 Å². The van der Waals surface area contributed by atoms with Crippen LogP contribution in [0.5, 0.6) is 0 Å². The second kappa shape index (κ2) is 7.90. The standard InChI is InChI=1S/C19H19FN2O3/c20-16-8-6-15(7-9-16)19(24)21-12-18(23)22-10-11-25-17(13-22)14-4-2-1-3-5-14/h1-9,17H,10-13H2,(H,21,24)/t17-/m0/s1. The second-order valence-corrected chi connectivity index (χ2v) is 5.80. The average Bonchev–Trinajstić information content (AvgIpc) is 2.67. The van der Waals surface area contributed by atoms with Gasteiger partial charge in [0.1, 0.15) is 11.9 Å². The van der Waals surface area contributed by atoms with Crippen molar-refractivity contribution in [1.29, 1.82) is 0 Å². The molecular weight excluding hydrogens is 323 g/mol. The number of amides is 2. The molecule has 0 radical (unpaired) electrons. The minimum atomic E-state index is -0.409. The number of hydrogen-bond acceptors (Lipinski definition) is 3. The normalized spacial score (nSPS) is 17.2. The van der Waals surface area contributed by atoms with E-state index < -0.39 is 11.7 Å². The van der Waals surface area contributed by atoms with Crippen LogP contribution in [0.15, 0.2) is 54.6 Å². The van der Waals surface area contributed by atoms with Crippen molar-refractivity contribution in [1.82, 2.24) is 10.2 Å². The molecule has 0 aromatic heterocycles. The summed E-state index contributed by atoms with van der Waals surface area (Å²) in [4.78, 5) is 26.0. The minimum Gasteiger partial charge on any atom is -0.370 e. The van der Waals surface area contributed by atoms with Crippen LogP contribution in [-0.2, 0) is 9.53 Å². The van der Waals surface area contributed by atoms with Crippen molar-refractivity contribution in [2.75, 3.05) is 26.2 Å². The SMILES string of the molecule is O=C(NCC(=O)N1CCO[C@H](c2ccccc2)C1)c1ccc(F)cc1. The topological polar surface area (TPSA) is 58.6 Å². The zero-order valence-corrected chi connectivity index (χ0v) is 13.7. The number of rotatable bonds is 4. The molecule has 3 rings (SSSR count). The second-order valence-electron chi connectivity index (χ2n) is 5.80. The smallest absolute Gasteiger partial charge is 0.251 e. The Bertz CT molecular complexity index is 734. The summed E-state index contributed by atoms with van der Waals surface area (Å²) in [6.45, 7) is 1.30. The van der Waals surface area contributed by atoms with Crippen LogP contribution in [0.3, 0.4) is 0 Å². The molecule has 1 atom stereocenters. The maximum Gasteiger partial charge on any atom is 0.251 e. The number of ether oxygens (including phenoxy) is 1. The molecule has 0 spiro atoms. The summed E-state index contributed by atoms with van der Waals surface area (Å²) in [6.07, 6.45) is -0.160. The van der Waals surface area contributed by atoms with Gasteiger partial charge in [0.2, 0.25) is 5.91 Å². The van der Waals surface area contributed by atoms with Gasteiger partial charge >= 0.3 is 0 Å². The molecular formula is C19H19FN2O3. The first-order valence-electron chi connectivity index (χ1n) is 8.11. The molecule has 1 N–H and O–H groups in total. The molecule has 1 saturated heterocycles. The summed E-state index contributed by atoms with van der Waals surface area (Å²) in [5.41, 5.74) is 1.34. The Labute approximate surface area is 145 Å². The summed E-state index contributed by atoms with van der Waals surface area (Å²) >= 11 is 0. The van der Waals surface area contributed by atoms with Crippen LogP contribution in [0.2, 0.25) is 0 Å². The van der Waals surface area contributed by atoms with E-state index in [1.54, 1.807) is 4.90 Å². The predicted octanol–water partition coefficient (Wildman–Crippen LogP) is 2.16. The maximum absolute atomic E-state index is 12.9. The highest BCUT2D eigenvalue weighted by Gasteiger charge is 2.25. The van der Waals surface area contributed by atoms with Crippen LogP contribution in [0.1, 0.15) is 22.0 Å². The van der Waals surface area contributed by atoms with Crippen molar-refractivity contribution in [2.24, 2.45) is 0 Å². The van der Waals surface area contributed by atoms with Crippen LogP contribution in [-0.4, -0.2) is 43.0 Å². The first-order valence-corrected chi connectivity index (χ1v) is 8.11. The van der Waals surface area contributed by atoms with Gasteiger partial charge in [0, 0.05) is 12.1 Å². The Morgan fingerprint density at radius 3 is 2.56 bits per heavy atom. The largest absolute Gasteiger partial charge is 0.370 e. The van der Waals surface area contributed by atoms with E-state index in [1.165, 1.54) is 24.3 Å². The Kier molecular flexibility index (Phi) is 5.40. The molecule has 130 valence electrons. The van der Waals surface area contributed by atoms with Gasteiger partial charge in [0.25, 0.3) is 5.91 Å². The summed E-state index contributed by atoms with van der Waals surface area (Å²) in [5, 5.41) is 2.58. The molecule has 0 aliphatic carbocycles. The van der Waals surface area contributed by atoms with Crippen LogP contribution in [0.4, 0.5) is 4.39 Å². The average molecular weight is 342 g/mol. The van der Waals surface area contributed by atoms with Gasteiger partial charge in [-0.2, -0.15) is 0 Å². The number of morpholine rings is 1. The maximum atomic E-state index is 12.9. The Balaban J connectivity index is 1.54. The highest BCUT2D eigenvalue weighted by Crippen LogP contribution is 2.21. The van der Waals surface area contributed by atoms with Crippen molar-refractivity contribution >= 4 is 11.8 Å². The number of hydrogen-bond donors (Lipinski definition) is 1. The summed E-state index contributed by atoms with van der Waals surface area (Å²) < 4.78 is 18.6. The summed E-state index contributed by atoms with van der Waals surface area (Å²) in [7, 11) is 0. The molecule has 2 aromatic carbocycles. The van der Waals surface area contributed by atoms with Gasteiger partial charge in [-0.05, 0) is 29.8 Å². The number of carbonyl (C=O) groups is 2. The number of nitrogens with one attached hydrogen (secondary N) is 1. The van der Waals surface area contributed by atoms with E-state index in [0.717, 1.165) is 5.56 Å². The van der Waals surface area contributed by atoms with Gasteiger partial charge in [0.05, 0.1) is 19.7 Å². The lowest BCUT2D eigenvalue weighted by Crippen LogP contribution is -2.46. The van der Waals surface area contributed by atoms with Gasteiger partial charge in [-0.3, -0.25) is 9.59 Å². The number of nitrogens with zero attached hydrogens (tertiary/aromatic N) is 1. The molecule has 0 saturated carbocycles. The van der Waals surface area contributed by atoms with Crippen LogP contribution in [0.25, 0.3) is 0 Å². The van der Waals surface area contributed by atoms with Crippen molar-refractivity contribution in [3.63, 3.8) is 0 Å². The van der Waals surface area contributed by atoms with E-state index in [4.69, 9.17) is 4.74 Å². The van der Waals surface area contributed by atoms with E-state index in [2.05, 4.69) is 5.32 Å². The monoisotopic (exact) mass is 342 g/mol. The fourth-order valence-electron chi connectivity index (χ4n) is 2.72. The third kappa shape index (κ3) is 4.42. The molecule has 5 nitrogen and oxygen atoms in total. The lowest BCUT2D eigenvalue weighted by atomic mass is 10.1. The first-order chi connectivity index (χ1) is 12.1. The Morgan fingerprint density at radius 2 is 1.84 bits per heavy atom. The van der Waals surface area contributed by atoms with Crippen molar-refractivity contribution < 1.29 is 18.7 Å². The molecule has 1 aliphatic rings. The highest BCUT2D eigenvalue weighted by atomic mass is 19.1. The fourth-order valence-corrected chi connectivity index (χ4v) is 2.72. The van der Waals surface area contributed by atoms with Gasteiger partial charge in [-0.1, -0.05) is 30.3 Å². The van der Waals surface area contributed by atoms with Crippen molar-refractivity contribution in [2.45, 2.75) is 6.10 Å². The third-order valence-electron chi connectivity index (χ3n) is 4.10. The molecule has 0 unspecified atom stereocenters. The van der Waals surface area contributed by atoms with E-state index in [9.17, 15) is 14.0 Å². The lowest BCUT2D eigenvalue weighted by Gasteiger charge is -2.33. The quantitative estimate of drug-likeness (QED) is 0.926. The van der Waals surface area contributed by atoms with E-state index >= 15 is 0 Å². The minimum absolute atomic E-state index is 0.0995. The van der Waals surface area contributed by atoms with Gasteiger partial charge in [0.15, 0.2) is 0 Å². The zero-order chi connectivity index (χ0) is 17.6. The molecule has 1 aliphatic heterocycles. The van der Waals surface area contributed by atoms with E-state index in [-0.39, 0.29) is 18.6 Å². The molecule has 0 bridgehead atoms. The third-order valence-corrected chi connectivity index (χ3v) is 4.10. The summed E-state index contributed by atoms with van der Waals surface area (Å²) in [5.74, 6) is -0.978. The molecule has 6 heteroatoms. The van der Waals surface area contributed by atoms with E-state index in [1.807, 2.05) is 30.3 Å². The predicted molar refractivity (Wildman–Crippen MR) is 90.4 cm³/mol. The molecule has 25 heavy (non-hydrogen) atoms. The zero-order valence-electron chi connectivity index (χ0n) is 13.7. The van der Waals surface area contributed by atoms with E-state index in [0.29, 0.717) is 25.3 Å². The molecule has 2 amide bonds. The molecule has 2 aromatic rings. The lowest BCUT2D eigenvalue weighted by molar-refractivity contribution is -0.137. The number of benzene rings is 2. The van der Waals surface area contributed by atoms with Crippen molar-refractivity contribution in [3.8, 4) is 0 Å². The first kappa shape index (κ1) is 17.1. The van der Waals surface area contributed by atoms with Crippen LogP contribution >= 0.6 is 0 Å². The van der Waals surface area contributed by atoms with Crippen molar-refractivity contribution in [3.05, 3.63) is 71.5 Å². The van der Waals surface area contributed by atoms with Crippen LogP contribution in [0, 0.1) is 5.82 Å². The number of carbonyl (C=O) groups excluding carboxylic acids is 2. The van der Waals surface area contributed by atoms with Gasteiger partial charge < -0.3 is 15.0 Å². The molecule has 1 fully saturated rings. The summed E-state index contributed by atoms with van der Waals surface area (Å²) in [6, 6.07) is 14.9. The Hall–Kier alpha value is -2.73. The van der Waals surface area contributed by atoms with Crippen LogP contribution < -0.4 is 5.32 Å². The Morgan fingerprint density at radius 1 is 1.12 bits per heavy atom.